The van der Waals surface area contributed by atoms with Crippen LogP contribution in [0.4, 0.5) is 11.4 Å². The van der Waals surface area contributed by atoms with Gasteiger partial charge in [0.15, 0.2) is 0 Å². The van der Waals surface area contributed by atoms with E-state index < -0.39 is 6.17 Å². The molecular weight excluding hydrogens is 460 g/mol. The molecule has 0 spiro atoms. The van der Waals surface area contributed by atoms with E-state index in [0.717, 1.165) is 43.5 Å². The lowest BCUT2D eigenvalue weighted by Crippen LogP contribution is -2.21. The third-order valence-electron chi connectivity index (χ3n) is 5.65. The van der Waals surface area contributed by atoms with E-state index in [1.807, 2.05) is 31.2 Å². The average Bonchev–Trinajstić information content (AvgIpc) is 3.55. The number of nitrogens with two attached hydrogens (primary N) is 4. The number of rotatable bonds is 6. The molecule has 1 unspecified atom stereocenters. The summed E-state index contributed by atoms with van der Waals surface area (Å²) in [5.41, 5.74) is 27.1. The van der Waals surface area contributed by atoms with Crippen LogP contribution in [0.1, 0.15) is 49.9 Å². The minimum Gasteiger partial charge on any atom is -0.507 e. The first-order valence-electron chi connectivity index (χ1n) is 11.7. The minimum absolute atomic E-state index is 0.0420. The molecule has 1 aliphatic rings. The van der Waals surface area contributed by atoms with Crippen LogP contribution >= 0.6 is 11.3 Å². The van der Waals surface area contributed by atoms with Crippen molar-refractivity contribution in [2.45, 2.75) is 38.8 Å². The Labute approximate surface area is 211 Å². The van der Waals surface area contributed by atoms with Crippen molar-refractivity contribution in [3.05, 3.63) is 64.4 Å². The third kappa shape index (κ3) is 8.05. The number of thiophene rings is 1. The van der Waals surface area contributed by atoms with E-state index in [1.54, 1.807) is 17.4 Å². The molecule has 0 bridgehead atoms. The Morgan fingerprint density at radius 1 is 1.11 bits per heavy atom. The van der Waals surface area contributed by atoms with Gasteiger partial charge in [0.1, 0.15) is 11.9 Å². The Hall–Kier alpha value is -2.95. The first-order chi connectivity index (χ1) is 16.9. The summed E-state index contributed by atoms with van der Waals surface area (Å²) in [7, 11) is 0. The van der Waals surface area contributed by atoms with Gasteiger partial charge < -0.3 is 43.9 Å². The maximum Gasteiger partial charge on any atom is 0.124 e. The van der Waals surface area contributed by atoms with Crippen molar-refractivity contribution >= 4 is 28.4 Å². The van der Waals surface area contributed by atoms with E-state index in [9.17, 15) is 5.11 Å². The molecule has 1 aromatic heterocycles. The molecule has 9 heteroatoms. The van der Waals surface area contributed by atoms with Crippen molar-refractivity contribution in [3.63, 3.8) is 0 Å². The van der Waals surface area contributed by atoms with Gasteiger partial charge in [-0.25, -0.2) is 0 Å². The number of phenolic OH excluding ortho intramolecular Hbond substituents is 1. The van der Waals surface area contributed by atoms with E-state index in [-0.39, 0.29) is 18.4 Å². The van der Waals surface area contributed by atoms with Crippen molar-refractivity contribution < 1.29 is 10.2 Å². The molecule has 0 amide bonds. The number of hydrogen-bond acceptors (Lipinski definition) is 9. The second-order valence-electron chi connectivity index (χ2n) is 8.20. The molecule has 0 aliphatic heterocycles. The van der Waals surface area contributed by atoms with Crippen LogP contribution < -0.4 is 28.3 Å². The number of hydrogen-bond donors (Lipinski definition) is 8. The molecule has 2 aromatic carbocycles. The van der Waals surface area contributed by atoms with Gasteiger partial charge in [0.2, 0.25) is 0 Å². The minimum atomic E-state index is -0.613. The van der Waals surface area contributed by atoms with Gasteiger partial charge in [0.25, 0.3) is 0 Å². The van der Waals surface area contributed by atoms with Crippen LogP contribution in [0, 0.1) is 11.3 Å². The molecule has 190 valence electrons. The molecule has 8 nitrogen and oxygen atoms in total. The van der Waals surface area contributed by atoms with E-state index in [0.29, 0.717) is 22.5 Å². The molecular formula is C26H38N6O2S. The van der Waals surface area contributed by atoms with Gasteiger partial charge in [-0.15, -0.1) is 0 Å². The summed E-state index contributed by atoms with van der Waals surface area (Å²) >= 11 is 1.67. The van der Waals surface area contributed by atoms with Gasteiger partial charge in [-0.1, -0.05) is 31.9 Å². The van der Waals surface area contributed by atoms with Crippen LogP contribution in [0.25, 0.3) is 11.1 Å². The molecule has 3 aromatic rings. The van der Waals surface area contributed by atoms with Gasteiger partial charge in [-0.3, -0.25) is 0 Å². The van der Waals surface area contributed by atoms with Crippen molar-refractivity contribution in [2.75, 3.05) is 24.3 Å². The molecule has 1 heterocycles. The summed E-state index contributed by atoms with van der Waals surface area (Å²) in [5, 5.41) is 33.7. The molecule has 1 fully saturated rings. The van der Waals surface area contributed by atoms with Crippen LogP contribution in [0.2, 0.25) is 0 Å². The number of aliphatic hydroxyl groups excluding tert-OH is 1. The van der Waals surface area contributed by atoms with Crippen LogP contribution in [-0.2, 0) is 0 Å². The number of anilines is 2. The SMILES string of the molecule is CCN.N=C(c1cc(C(N)Nc2ccc(-c3ccsc3)cc2)c(O)cc1N)C1CCCC1.NCO. The zero-order valence-electron chi connectivity index (χ0n) is 20.2. The quantitative estimate of drug-likeness (QED) is 0.142. The summed E-state index contributed by atoms with van der Waals surface area (Å²) in [6, 6.07) is 13.4. The normalized spacial score (nSPS) is 13.7. The first-order valence-corrected chi connectivity index (χ1v) is 12.7. The Kier molecular flexibility index (Phi) is 11.7. The molecule has 12 N–H and O–H groups in total. The summed E-state index contributed by atoms with van der Waals surface area (Å²) < 4.78 is 0. The average molecular weight is 499 g/mol. The van der Waals surface area contributed by atoms with E-state index in [4.69, 9.17) is 27.7 Å². The molecule has 35 heavy (non-hydrogen) atoms. The second-order valence-corrected chi connectivity index (χ2v) is 8.98. The molecule has 1 saturated carbocycles. The summed E-state index contributed by atoms with van der Waals surface area (Å²) in [5.74, 6) is 0.281. The lowest BCUT2D eigenvalue weighted by atomic mass is 9.92. The third-order valence-corrected chi connectivity index (χ3v) is 6.33. The highest BCUT2D eigenvalue weighted by molar-refractivity contribution is 7.08. The van der Waals surface area contributed by atoms with E-state index in [1.165, 1.54) is 11.6 Å². The second kappa shape index (κ2) is 14.4. The number of benzene rings is 2. The maximum absolute atomic E-state index is 10.4. The summed E-state index contributed by atoms with van der Waals surface area (Å²) in [6.45, 7) is 2.40. The number of aliphatic hydroxyl groups is 1. The van der Waals surface area contributed by atoms with Crippen molar-refractivity contribution in [3.8, 4) is 16.9 Å². The highest BCUT2D eigenvalue weighted by Gasteiger charge is 2.24. The highest BCUT2D eigenvalue weighted by atomic mass is 32.1. The zero-order valence-corrected chi connectivity index (χ0v) is 21.0. The largest absolute Gasteiger partial charge is 0.507 e. The van der Waals surface area contributed by atoms with Gasteiger partial charge in [0.05, 0.1) is 6.73 Å². The van der Waals surface area contributed by atoms with Crippen molar-refractivity contribution in [1.29, 1.82) is 5.41 Å². The lowest BCUT2D eigenvalue weighted by molar-refractivity contribution is 0.307. The Bertz CT molecular complexity index is 1030. The predicted molar refractivity (Wildman–Crippen MR) is 148 cm³/mol. The Balaban J connectivity index is 0.000000655. The number of nitrogens with one attached hydrogen (secondary N) is 2. The number of aromatic hydroxyl groups is 1. The first kappa shape index (κ1) is 28.3. The van der Waals surface area contributed by atoms with Crippen LogP contribution in [-0.4, -0.2) is 29.2 Å². The van der Waals surface area contributed by atoms with Crippen LogP contribution in [0.15, 0.2) is 53.2 Å². The summed E-state index contributed by atoms with van der Waals surface area (Å²) in [4.78, 5) is 0. The Morgan fingerprint density at radius 3 is 2.26 bits per heavy atom. The standard InChI is InChI=1S/C23H26N4OS.C2H7N.CH5NO/c24-20-12-21(28)19(11-18(20)22(25)15-3-1-2-4-15)23(26)27-17-7-5-14(6-8-17)16-9-10-29-13-16;1-2-3;2-1-3/h5-13,15,23,25,27-28H,1-4,24,26H2;2-3H2,1H3;3H,1-2H2. The zero-order chi connectivity index (χ0) is 25.8. The predicted octanol–water partition coefficient (Wildman–Crippen LogP) is 4.19. The van der Waals surface area contributed by atoms with Gasteiger partial charge in [-0.2, -0.15) is 11.3 Å². The molecule has 1 aliphatic carbocycles. The van der Waals surface area contributed by atoms with Crippen molar-refractivity contribution in [1.82, 2.24) is 0 Å². The monoisotopic (exact) mass is 498 g/mol. The smallest absolute Gasteiger partial charge is 0.124 e. The van der Waals surface area contributed by atoms with Crippen LogP contribution in [0.5, 0.6) is 5.75 Å². The highest BCUT2D eigenvalue weighted by Crippen LogP contribution is 2.34. The Morgan fingerprint density at radius 2 is 1.71 bits per heavy atom. The molecule has 1 atom stereocenters. The fraction of sp³-hybridized carbons (Fsp3) is 0.346. The van der Waals surface area contributed by atoms with Gasteiger partial charge in [0, 0.05) is 40.2 Å². The fourth-order valence-electron chi connectivity index (χ4n) is 3.98. The number of phenols is 1. The van der Waals surface area contributed by atoms with E-state index in [2.05, 4.69) is 27.9 Å². The molecule has 0 radical (unpaired) electrons. The van der Waals surface area contributed by atoms with Gasteiger partial charge in [-0.05, 0) is 65.5 Å². The molecule has 4 rings (SSSR count). The maximum atomic E-state index is 10.4. The van der Waals surface area contributed by atoms with Crippen LogP contribution in [0.3, 0.4) is 0 Å². The van der Waals surface area contributed by atoms with Crippen molar-refractivity contribution in [2.24, 2.45) is 23.1 Å². The lowest BCUT2D eigenvalue weighted by Gasteiger charge is -2.20. The molecule has 0 saturated heterocycles. The topological polar surface area (TPSA) is 180 Å². The van der Waals surface area contributed by atoms with E-state index >= 15 is 0 Å². The van der Waals surface area contributed by atoms with Gasteiger partial charge >= 0.3 is 0 Å². The fourth-order valence-corrected chi connectivity index (χ4v) is 4.65. The summed E-state index contributed by atoms with van der Waals surface area (Å²) in [6.07, 6.45) is 3.74. The number of nitrogen functional groups attached to an aromatic ring is 1.